The summed E-state index contributed by atoms with van der Waals surface area (Å²) in [4.78, 5) is 17.0. The maximum absolute atomic E-state index is 12.3. The van der Waals surface area contributed by atoms with Gasteiger partial charge in [0, 0.05) is 32.8 Å². The number of amides is 1. The van der Waals surface area contributed by atoms with Gasteiger partial charge in [-0.15, -0.1) is 0 Å². The van der Waals surface area contributed by atoms with Gasteiger partial charge in [0.05, 0.1) is 5.69 Å². The topological polar surface area (TPSA) is 46.4 Å². The lowest BCUT2D eigenvalue weighted by Crippen LogP contribution is -2.11. The molecule has 0 fully saturated rings. The van der Waals surface area contributed by atoms with Crippen molar-refractivity contribution in [1.82, 2.24) is 9.38 Å². The predicted molar refractivity (Wildman–Crippen MR) is 112 cm³/mol. The molecule has 4 rings (SSSR count). The third kappa shape index (κ3) is 3.48. The Labute approximate surface area is 165 Å². The summed E-state index contributed by atoms with van der Waals surface area (Å²) in [6, 6.07) is 19.4. The lowest BCUT2D eigenvalue weighted by atomic mass is 10.1. The molecule has 2 aromatic carbocycles. The number of benzene rings is 2. The van der Waals surface area contributed by atoms with Crippen LogP contribution < -0.4 is 5.32 Å². The highest BCUT2D eigenvalue weighted by Crippen LogP contribution is 2.22. The lowest BCUT2D eigenvalue weighted by molar-refractivity contribution is 0.102. The fourth-order valence-electron chi connectivity index (χ4n) is 2.78. The number of carbonyl (C=O) groups excluding carboxylic acids is 1. The third-order valence-corrected chi connectivity index (χ3v) is 4.81. The average molecular weight is 453 g/mol. The Morgan fingerprint density at radius 2 is 1.88 bits per heavy atom. The number of halogens is 1. The number of fused-ring (bicyclic) bond motifs is 1. The molecule has 4 nitrogen and oxygen atoms in total. The molecule has 0 aliphatic heterocycles. The van der Waals surface area contributed by atoms with E-state index in [2.05, 4.69) is 51.9 Å². The average Bonchev–Trinajstić information content (AvgIpc) is 3.05. The summed E-state index contributed by atoms with van der Waals surface area (Å²) in [6.07, 6.45) is 4.02. The highest BCUT2D eigenvalue weighted by atomic mass is 127. The molecule has 128 valence electrons. The van der Waals surface area contributed by atoms with Crippen LogP contribution in [0.5, 0.6) is 0 Å². The first-order chi connectivity index (χ1) is 12.6. The van der Waals surface area contributed by atoms with Crippen LogP contribution >= 0.6 is 22.6 Å². The van der Waals surface area contributed by atoms with Gasteiger partial charge in [0.1, 0.15) is 5.65 Å². The minimum absolute atomic E-state index is 0.112. The van der Waals surface area contributed by atoms with E-state index in [1.807, 2.05) is 65.3 Å². The number of carbonyl (C=O) groups is 1. The Morgan fingerprint density at radius 3 is 2.65 bits per heavy atom. The molecule has 1 amide bonds. The van der Waals surface area contributed by atoms with Crippen LogP contribution in [0.3, 0.4) is 0 Å². The Morgan fingerprint density at radius 1 is 1.08 bits per heavy atom. The van der Waals surface area contributed by atoms with E-state index in [9.17, 15) is 4.79 Å². The first-order valence-corrected chi connectivity index (χ1v) is 9.29. The fraction of sp³-hybridized carbons (Fsp3) is 0.0476. The first-order valence-electron chi connectivity index (χ1n) is 8.21. The molecular formula is C21H16IN3O. The van der Waals surface area contributed by atoms with Crippen LogP contribution in [0.4, 0.5) is 5.69 Å². The Bertz CT molecular complexity index is 1100. The number of imidazole rings is 1. The molecule has 2 heterocycles. The van der Waals surface area contributed by atoms with Gasteiger partial charge in [0.25, 0.3) is 5.91 Å². The number of pyridine rings is 1. The van der Waals surface area contributed by atoms with Gasteiger partial charge in [-0.3, -0.25) is 4.79 Å². The molecule has 2 aromatic heterocycles. The smallest absolute Gasteiger partial charge is 0.255 e. The van der Waals surface area contributed by atoms with Crippen LogP contribution in [-0.2, 0) is 0 Å². The number of aromatic nitrogens is 2. The highest BCUT2D eigenvalue weighted by molar-refractivity contribution is 14.1. The number of rotatable bonds is 3. The number of nitrogens with one attached hydrogen (secondary N) is 1. The third-order valence-electron chi connectivity index (χ3n) is 4.14. The van der Waals surface area contributed by atoms with Crippen molar-refractivity contribution >= 4 is 39.8 Å². The van der Waals surface area contributed by atoms with E-state index in [1.165, 1.54) is 5.56 Å². The van der Waals surface area contributed by atoms with Crippen molar-refractivity contribution < 1.29 is 4.79 Å². The molecule has 0 saturated carbocycles. The fourth-order valence-corrected chi connectivity index (χ4v) is 3.32. The second-order valence-electron chi connectivity index (χ2n) is 6.14. The second-order valence-corrected chi connectivity index (χ2v) is 7.38. The summed E-state index contributed by atoms with van der Waals surface area (Å²) >= 11 is 2.20. The Kier molecular flexibility index (Phi) is 4.46. The number of aryl methyl sites for hydroxylation is 1. The molecule has 1 N–H and O–H groups in total. The zero-order valence-electron chi connectivity index (χ0n) is 14.1. The van der Waals surface area contributed by atoms with Crippen LogP contribution in [0.15, 0.2) is 73.1 Å². The van der Waals surface area contributed by atoms with Crippen molar-refractivity contribution in [3.8, 4) is 11.3 Å². The number of hydrogen-bond acceptors (Lipinski definition) is 2. The second kappa shape index (κ2) is 6.92. The van der Waals surface area contributed by atoms with Crippen molar-refractivity contribution in [2.24, 2.45) is 0 Å². The van der Waals surface area contributed by atoms with Crippen molar-refractivity contribution in [2.75, 3.05) is 5.32 Å². The summed E-state index contributed by atoms with van der Waals surface area (Å²) in [6.45, 7) is 2.06. The van der Waals surface area contributed by atoms with Crippen LogP contribution in [0.1, 0.15) is 15.9 Å². The van der Waals surface area contributed by atoms with E-state index in [0.29, 0.717) is 5.56 Å². The quantitative estimate of drug-likeness (QED) is 0.436. The highest BCUT2D eigenvalue weighted by Gasteiger charge is 2.08. The summed E-state index contributed by atoms with van der Waals surface area (Å²) in [5.74, 6) is -0.112. The predicted octanol–water partition coefficient (Wildman–Crippen LogP) is 5.17. The van der Waals surface area contributed by atoms with Crippen LogP contribution in [0.2, 0.25) is 0 Å². The normalized spacial score (nSPS) is 10.8. The molecule has 0 spiro atoms. The molecular weight excluding hydrogens is 437 g/mol. The number of anilines is 1. The van der Waals surface area contributed by atoms with Gasteiger partial charge in [-0.2, -0.15) is 0 Å². The van der Waals surface area contributed by atoms with Crippen LogP contribution in [-0.4, -0.2) is 15.3 Å². The molecule has 0 radical (unpaired) electrons. The van der Waals surface area contributed by atoms with Gasteiger partial charge in [-0.25, -0.2) is 4.98 Å². The van der Waals surface area contributed by atoms with Crippen molar-refractivity contribution in [2.45, 2.75) is 6.92 Å². The van der Waals surface area contributed by atoms with Crippen LogP contribution in [0, 0.1) is 10.5 Å². The zero-order chi connectivity index (χ0) is 18.1. The minimum atomic E-state index is -0.112. The van der Waals surface area contributed by atoms with E-state index in [1.54, 1.807) is 0 Å². The van der Waals surface area contributed by atoms with E-state index in [0.717, 1.165) is 26.2 Å². The molecule has 0 bridgehead atoms. The SMILES string of the molecule is Cc1ccn2cc(-c3ccc(NC(=O)c4cccc(I)c4)cc3)nc2c1. The summed E-state index contributed by atoms with van der Waals surface area (Å²) in [5.41, 5.74) is 5.44. The standard InChI is InChI=1S/C21H16IN3O/c1-14-9-10-25-13-19(24-20(25)11-14)15-5-7-18(8-6-15)23-21(26)16-3-2-4-17(22)12-16/h2-13H,1H3,(H,23,26). The van der Waals surface area contributed by atoms with Gasteiger partial charge in [-0.1, -0.05) is 18.2 Å². The zero-order valence-corrected chi connectivity index (χ0v) is 16.3. The summed E-state index contributed by atoms with van der Waals surface area (Å²) in [5, 5.41) is 2.93. The van der Waals surface area contributed by atoms with E-state index < -0.39 is 0 Å². The molecule has 0 unspecified atom stereocenters. The van der Waals surface area contributed by atoms with Gasteiger partial charge in [0.15, 0.2) is 0 Å². The van der Waals surface area contributed by atoms with Crippen molar-refractivity contribution in [1.29, 1.82) is 0 Å². The molecule has 0 aliphatic rings. The molecule has 26 heavy (non-hydrogen) atoms. The lowest BCUT2D eigenvalue weighted by Gasteiger charge is -2.06. The Hall–Kier alpha value is -2.67. The first kappa shape index (κ1) is 16.8. The molecule has 5 heteroatoms. The maximum Gasteiger partial charge on any atom is 0.255 e. The Balaban J connectivity index is 1.55. The van der Waals surface area contributed by atoms with Gasteiger partial charge >= 0.3 is 0 Å². The van der Waals surface area contributed by atoms with Gasteiger partial charge < -0.3 is 9.72 Å². The number of nitrogens with zero attached hydrogens (tertiary/aromatic N) is 2. The molecule has 0 aliphatic carbocycles. The monoisotopic (exact) mass is 453 g/mol. The largest absolute Gasteiger partial charge is 0.322 e. The van der Waals surface area contributed by atoms with E-state index in [-0.39, 0.29) is 5.91 Å². The maximum atomic E-state index is 12.3. The van der Waals surface area contributed by atoms with Crippen LogP contribution in [0.25, 0.3) is 16.9 Å². The van der Waals surface area contributed by atoms with E-state index in [4.69, 9.17) is 0 Å². The summed E-state index contributed by atoms with van der Waals surface area (Å²) < 4.78 is 3.04. The molecule has 4 aromatic rings. The van der Waals surface area contributed by atoms with Gasteiger partial charge in [0.2, 0.25) is 0 Å². The molecule has 0 saturated heterocycles. The van der Waals surface area contributed by atoms with E-state index >= 15 is 0 Å². The van der Waals surface area contributed by atoms with Gasteiger partial charge in [-0.05, 0) is 77.5 Å². The number of hydrogen-bond donors (Lipinski definition) is 1. The summed E-state index contributed by atoms with van der Waals surface area (Å²) in [7, 11) is 0. The van der Waals surface area contributed by atoms with Crippen molar-refractivity contribution in [3.05, 3.63) is 87.8 Å². The molecule has 0 atom stereocenters. The minimum Gasteiger partial charge on any atom is -0.322 e. The van der Waals surface area contributed by atoms with Crippen molar-refractivity contribution in [3.63, 3.8) is 0 Å².